The Morgan fingerprint density at radius 3 is 2.50 bits per heavy atom. The molecule has 0 bridgehead atoms. The van der Waals surface area contributed by atoms with Crippen LogP contribution in [-0.2, 0) is 0 Å². The summed E-state index contributed by atoms with van der Waals surface area (Å²) in [6.07, 6.45) is 8.41. The standard InChI is InChI=1S/C15H23ClN4O2/c16-11-9-17-20(10-11)13-5-7-19(8-6-13)15(22)18-12-1-3-14(21)4-2-12/h9-10,12-14,21H,1-8H2,(H,18,22). The van der Waals surface area contributed by atoms with Crippen molar-refractivity contribution in [3.05, 3.63) is 17.4 Å². The lowest BCUT2D eigenvalue weighted by molar-refractivity contribution is 0.113. The van der Waals surface area contributed by atoms with Gasteiger partial charge >= 0.3 is 6.03 Å². The molecule has 0 spiro atoms. The van der Waals surface area contributed by atoms with E-state index in [9.17, 15) is 9.90 Å². The van der Waals surface area contributed by atoms with E-state index in [2.05, 4.69) is 10.4 Å². The maximum absolute atomic E-state index is 12.3. The zero-order valence-electron chi connectivity index (χ0n) is 12.6. The van der Waals surface area contributed by atoms with Crippen LogP contribution < -0.4 is 5.32 Å². The number of halogens is 1. The molecular weight excluding hydrogens is 304 g/mol. The van der Waals surface area contributed by atoms with Crippen LogP contribution in [0.5, 0.6) is 0 Å². The molecule has 0 unspecified atom stereocenters. The van der Waals surface area contributed by atoms with Crippen LogP contribution in [-0.4, -0.2) is 51.1 Å². The molecule has 1 saturated carbocycles. The molecule has 122 valence electrons. The highest BCUT2D eigenvalue weighted by Gasteiger charge is 2.27. The van der Waals surface area contributed by atoms with Crippen molar-refractivity contribution in [2.75, 3.05) is 13.1 Å². The minimum absolute atomic E-state index is 0.0262. The number of aliphatic hydroxyl groups is 1. The Balaban J connectivity index is 1.45. The topological polar surface area (TPSA) is 70.4 Å². The fraction of sp³-hybridized carbons (Fsp3) is 0.733. The first kappa shape index (κ1) is 15.6. The first-order valence-electron chi connectivity index (χ1n) is 8.05. The van der Waals surface area contributed by atoms with Crippen molar-refractivity contribution in [2.45, 2.75) is 56.7 Å². The SMILES string of the molecule is O=C(NC1CCC(O)CC1)N1CCC(n2cc(Cl)cn2)CC1. The Bertz CT molecular complexity index is 505. The van der Waals surface area contributed by atoms with Gasteiger partial charge in [0, 0.05) is 25.3 Å². The average molecular weight is 327 g/mol. The third kappa shape index (κ3) is 3.73. The number of rotatable bonds is 2. The summed E-state index contributed by atoms with van der Waals surface area (Å²) in [5.41, 5.74) is 0. The summed E-state index contributed by atoms with van der Waals surface area (Å²) >= 11 is 5.90. The van der Waals surface area contributed by atoms with Crippen molar-refractivity contribution in [1.29, 1.82) is 0 Å². The second-order valence-corrected chi connectivity index (χ2v) is 6.75. The number of piperidine rings is 1. The summed E-state index contributed by atoms with van der Waals surface area (Å²) < 4.78 is 1.90. The molecule has 0 aromatic carbocycles. The van der Waals surface area contributed by atoms with Crippen LogP contribution in [0.15, 0.2) is 12.4 Å². The number of aliphatic hydroxyl groups excluding tert-OH is 1. The van der Waals surface area contributed by atoms with Crippen molar-refractivity contribution in [1.82, 2.24) is 20.0 Å². The van der Waals surface area contributed by atoms with Gasteiger partial charge in [0.1, 0.15) is 0 Å². The van der Waals surface area contributed by atoms with E-state index in [0.717, 1.165) is 51.6 Å². The number of aromatic nitrogens is 2. The van der Waals surface area contributed by atoms with Crippen LogP contribution in [0.2, 0.25) is 5.02 Å². The van der Waals surface area contributed by atoms with Gasteiger partial charge in [-0.05, 0) is 38.5 Å². The quantitative estimate of drug-likeness (QED) is 0.875. The highest BCUT2D eigenvalue weighted by Crippen LogP contribution is 2.24. The number of carbonyl (C=O) groups excluding carboxylic acids is 1. The number of carbonyl (C=O) groups is 1. The van der Waals surface area contributed by atoms with Gasteiger partial charge in [-0.2, -0.15) is 5.10 Å². The highest BCUT2D eigenvalue weighted by atomic mass is 35.5. The van der Waals surface area contributed by atoms with Gasteiger partial charge in [-0.3, -0.25) is 4.68 Å². The van der Waals surface area contributed by atoms with Gasteiger partial charge < -0.3 is 15.3 Å². The minimum Gasteiger partial charge on any atom is -0.393 e. The smallest absolute Gasteiger partial charge is 0.317 e. The molecular formula is C15H23ClN4O2. The Morgan fingerprint density at radius 2 is 1.91 bits per heavy atom. The zero-order valence-corrected chi connectivity index (χ0v) is 13.4. The third-order valence-corrected chi connectivity index (χ3v) is 4.92. The van der Waals surface area contributed by atoms with Gasteiger partial charge in [-0.15, -0.1) is 0 Å². The monoisotopic (exact) mass is 326 g/mol. The number of hydrogen-bond acceptors (Lipinski definition) is 3. The Labute approximate surface area is 135 Å². The molecule has 1 aromatic rings. The van der Waals surface area contributed by atoms with E-state index in [0.29, 0.717) is 11.1 Å². The van der Waals surface area contributed by atoms with Crippen LogP contribution in [0.1, 0.15) is 44.6 Å². The minimum atomic E-state index is -0.190. The number of urea groups is 1. The van der Waals surface area contributed by atoms with Crippen LogP contribution in [0.3, 0.4) is 0 Å². The van der Waals surface area contributed by atoms with Crippen LogP contribution >= 0.6 is 11.6 Å². The van der Waals surface area contributed by atoms with E-state index in [4.69, 9.17) is 11.6 Å². The molecule has 2 heterocycles. The van der Waals surface area contributed by atoms with E-state index in [1.54, 1.807) is 6.20 Å². The molecule has 2 fully saturated rings. The number of likely N-dealkylation sites (tertiary alicyclic amines) is 1. The molecule has 1 aliphatic heterocycles. The van der Waals surface area contributed by atoms with Crippen molar-refractivity contribution in [3.63, 3.8) is 0 Å². The van der Waals surface area contributed by atoms with Crippen molar-refractivity contribution < 1.29 is 9.90 Å². The van der Waals surface area contributed by atoms with Crippen LogP contribution in [0, 0.1) is 0 Å². The molecule has 2 N–H and O–H groups in total. The Hall–Kier alpha value is -1.27. The van der Waals surface area contributed by atoms with E-state index < -0.39 is 0 Å². The second kappa shape index (κ2) is 6.87. The van der Waals surface area contributed by atoms with Crippen LogP contribution in [0.25, 0.3) is 0 Å². The summed E-state index contributed by atoms with van der Waals surface area (Å²) in [5, 5.41) is 17.5. The Morgan fingerprint density at radius 1 is 1.23 bits per heavy atom. The van der Waals surface area contributed by atoms with Gasteiger partial charge in [-0.1, -0.05) is 11.6 Å². The third-order valence-electron chi connectivity index (χ3n) is 4.72. The summed E-state index contributed by atoms with van der Waals surface area (Å²) in [4.78, 5) is 14.2. The van der Waals surface area contributed by atoms with Gasteiger partial charge in [0.25, 0.3) is 0 Å². The molecule has 2 amide bonds. The lowest BCUT2D eigenvalue weighted by atomic mass is 9.93. The van der Waals surface area contributed by atoms with E-state index in [1.165, 1.54) is 0 Å². The fourth-order valence-corrected chi connectivity index (χ4v) is 3.48. The maximum Gasteiger partial charge on any atom is 0.317 e. The second-order valence-electron chi connectivity index (χ2n) is 6.31. The van der Waals surface area contributed by atoms with Crippen molar-refractivity contribution in [2.24, 2.45) is 0 Å². The van der Waals surface area contributed by atoms with Gasteiger partial charge in [0.05, 0.1) is 23.4 Å². The molecule has 7 heteroatoms. The maximum atomic E-state index is 12.3. The Kier molecular flexibility index (Phi) is 4.88. The van der Waals surface area contributed by atoms with Gasteiger partial charge in [0.2, 0.25) is 0 Å². The number of nitrogens with one attached hydrogen (secondary N) is 1. The van der Waals surface area contributed by atoms with Crippen molar-refractivity contribution in [3.8, 4) is 0 Å². The average Bonchev–Trinajstić information content (AvgIpc) is 2.96. The van der Waals surface area contributed by atoms with Crippen molar-refractivity contribution >= 4 is 17.6 Å². The van der Waals surface area contributed by atoms with E-state index in [1.807, 2.05) is 15.8 Å². The summed E-state index contributed by atoms with van der Waals surface area (Å²) in [5.74, 6) is 0. The van der Waals surface area contributed by atoms with E-state index in [-0.39, 0.29) is 18.2 Å². The molecule has 1 aromatic heterocycles. The predicted molar refractivity (Wildman–Crippen MR) is 83.9 cm³/mol. The summed E-state index contributed by atoms with van der Waals surface area (Å²) in [6, 6.07) is 0.554. The number of nitrogens with zero attached hydrogens (tertiary/aromatic N) is 3. The van der Waals surface area contributed by atoms with Gasteiger partial charge in [-0.25, -0.2) is 4.79 Å². The number of amides is 2. The molecule has 6 nitrogen and oxygen atoms in total. The lowest BCUT2D eigenvalue weighted by Gasteiger charge is -2.34. The van der Waals surface area contributed by atoms with Crippen LogP contribution in [0.4, 0.5) is 4.79 Å². The molecule has 1 saturated heterocycles. The lowest BCUT2D eigenvalue weighted by Crippen LogP contribution is -2.49. The summed E-state index contributed by atoms with van der Waals surface area (Å²) in [6.45, 7) is 1.48. The largest absolute Gasteiger partial charge is 0.393 e. The molecule has 0 atom stereocenters. The summed E-state index contributed by atoms with van der Waals surface area (Å²) in [7, 11) is 0. The molecule has 3 rings (SSSR count). The first-order chi connectivity index (χ1) is 10.6. The zero-order chi connectivity index (χ0) is 15.5. The first-order valence-corrected chi connectivity index (χ1v) is 8.43. The molecule has 1 aliphatic carbocycles. The normalized spacial score (nSPS) is 26.9. The van der Waals surface area contributed by atoms with E-state index >= 15 is 0 Å². The highest BCUT2D eigenvalue weighted by molar-refractivity contribution is 6.30. The fourth-order valence-electron chi connectivity index (χ4n) is 3.33. The molecule has 2 aliphatic rings. The molecule has 22 heavy (non-hydrogen) atoms. The predicted octanol–water partition coefficient (Wildman–Crippen LogP) is 2.19. The number of hydrogen-bond donors (Lipinski definition) is 2. The van der Waals surface area contributed by atoms with Gasteiger partial charge in [0.15, 0.2) is 0 Å². The molecule has 0 radical (unpaired) electrons.